The average Bonchev–Trinajstić information content (AvgIpc) is 3.09. The summed E-state index contributed by atoms with van der Waals surface area (Å²) in [6, 6.07) is 15.6. The van der Waals surface area contributed by atoms with E-state index in [-0.39, 0.29) is 0 Å². The van der Waals surface area contributed by atoms with Crippen LogP contribution in [0.3, 0.4) is 0 Å². The molecule has 2 aromatic carbocycles. The fourth-order valence-electron chi connectivity index (χ4n) is 3.45. The van der Waals surface area contributed by atoms with Crippen molar-refractivity contribution in [1.82, 2.24) is 0 Å². The van der Waals surface area contributed by atoms with E-state index in [0.29, 0.717) is 5.92 Å². The minimum Gasteiger partial charge on any atom is -0.143 e. The Balaban J connectivity index is 1.98. The maximum absolute atomic E-state index is 4.42. The van der Waals surface area contributed by atoms with E-state index in [1.165, 1.54) is 47.8 Å². The lowest BCUT2D eigenvalue weighted by molar-refractivity contribution is 0.555. The lowest BCUT2D eigenvalue weighted by atomic mass is 9.92. The van der Waals surface area contributed by atoms with Gasteiger partial charge in [-0.25, -0.2) is 0 Å². The summed E-state index contributed by atoms with van der Waals surface area (Å²) in [6.07, 6.45) is 4.82. The molecular weight excluding hydrogens is 441 g/mol. The predicted octanol–water partition coefficient (Wildman–Crippen LogP) is 9.84. The van der Waals surface area contributed by atoms with Crippen LogP contribution in [0.4, 0.5) is 0 Å². The van der Waals surface area contributed by atoms with E-state index in [9.17, 15) is 0 Å². The Morgan fingerprint density at radius 3 is 2.43 bits per heavy atom. The van der Waals surface area contributed by atoms with Crippen molar-refractivity contribution in [2.45, 2.75) is 69.1 Å². The molecule has 3 rings (SSSR count). The zero-order valence-electron chi connectivity index (χ0n) is 18.4. The molecule has 2 aromatic rings. The normalized spacial score (nSPS) is 15.3. The Morgan fingerprint density at radius 1 is 1.03 bits per heavy atom. The first kappa shape index (κ1) is 24.0. The molecule has 1 aliphatic rings. The number of thiol groups is 1. The average molecular weight is 473 g/mol. The first-order chi connectivity index (χ1) is 14.4. The van der Waals surface area contributed by atoms with Crippen LogP contribution in [0, 0.1) is 5.92 Å². The van der Waals surface area contributed by atoms with Crippen LogP contribution in [0.25, 0.3) is 4.91 Å². The summed E-state index contributed by atoms with van der Waals surface area (Å²) in [7, 11) is 0. The van der Waals surface area contributed by atoms with Gasteiger partial charge in [-0.2, -0.15) is 0 Å². The first-order valence-corrected chi connectivity index (χ1v) is 13.7. The summed E-state index contributed by atoms with van der Waals surface area (Å²) in [5, 5.41) is 0. The Labute approximate surface area is 201 Å². The topological polar surface area (TPSA) is 0 Å². The second kappa shape index (κ2) is 11.3. The molecule has 1 heterocycles. The lowest BCUT2D eigenvalue weighted by Crippen LogP contribution is -1.99. The predicted molar refractivity (Wildman–Crippen MR) is 144 cm³/mol. The van der Waals surface area contributed by atoms with Gasteiger partial charge < -0.3 is 0 Å². The minimum atomic E-state index is 0.579. The molecule has 30 heavy (non-hydrogen) atoms. The number of hydrogen-bond acceptors (Lipinski definition) is 4. The number of hydrogen-bond donors (Lipinski definition) is 1. The molecule has 0 saturated heterocycles. The second-order valence-corrected chi connectivity index (χ2v) is 12.6. The standard InChI is InChI=1S/C26H32S4/c1-6-18(4)21-11-10-20(9-7-8-17(2)3)24(16-21)25-26(29-19(5)28-25)30-23-14-12-22(27)13-15-23/h10-18,27H,5-9H2,1-4H3. The summed E-state index contributed by atoms with van der Waals surface area (Å²) in [5.41, 5.74) is 4.34. The molecule has 160 valence electrons. The van der Waals surface area contributed by atoms with Crippen molar-refractivity contribution in [3.63, 3.8) is 0 Å². The molecule has 0 aromatic heterocycles. The summed E-state index contributed by atoms with van der Waals surface area (Å²) in [5.74, 6) is 1.33. The van der Waals surface area contributed by atoms with Crippen LogP contribution in [0.5, 0.6) is 0 Å². The largest absolute Gasteiger partial charge is 0.143 e. The van der Waals surface area contributed by atoms with Gasteiger partial charge in [0, 0.05) is 18.9 Å². The molecule has 1 atom stereocenters. The maximum atomic E-state index is 4.42. The third-order valence-electron chi connectivity index (χ3n) is 5.44. The van der Waals surface area contributed by atoms with E-state index in [1.807, 2.05) is 35.3 Å². The number of thioether (sulfide) groups is 3. The van der Waals surface area contributed by atoms with Crippen LogP contribution in [0.1, 0.15) is 69.6 Å². The van der Waals surface area contributed by atoms with E-state index in [2.05, 4.69) is 89.4 Å². The molecule has 0 amide bonds. The molecule has 0 radical (unpaired) electrons. The van der Waals surface area contributed by atoms with Gasteiger partial charge in [-0.05, 0) is 72.1 Å². The zero-order chi connectivity index (χ0) is 21.7. The molecule has 0 fully saturated rings. The van der Waals surface area contributed by atoms with Crippen LogP contribution < -0.4 is 0 Å². The second-order valence-electron chi connectivity index (χ2n) is 8.30. The highest BCUT2D eigenvalue weighted by Gasteiger charge is 2.24. The smallest absolute Gasteiger partial charge is 0.0649 e. The molecule has 0 spiro atoms. The van der Waals surface area contributed by atoms with Gasteiger partial charge in [0.1, 0.15) is 0 Å². The summed E-state index contributed by atoms with van der Waals surface area (Å²) in [6.45, 7) is 13.5. The monoisotopic (exact) mass is 472 g/mol. The van der Waals surface area contributed by atoms with E-state index in [1.54, 1.807) is 0 Å². The maximum Gasteiger partial charge on any atom is 0.0649 e. The van der Waals surface area contributed by atoms with Crippen LogP contribution in [-0.2, 0) is 6.42 Å². The lowest BCUT2D eigenvalue weighted by Gasteiger charge is -2.17. The summed E-state index contributed by atoms with van der Waals surface area (Å²) >= 11 is 9.94. The molecular formula is C26H32S4. The van der Waals surface area contributed by atoms with E-state index < -0.39 is 0 Å². The zero-order valence-corrected chi connectivity index (χ0v) is 21.7. The fourth-order valence-corrected chi connectivity index (χ4v) is 7.39. The molecule has 0 aliphatic carbocycles. The minimum absolute atomic E-state index is 0.579. The first-order valence-electron chi connectivity index (χ1n) is 10.8. The van der Waals surface area contributed by atoms with Crippen LogP contribution >= 0.6 is 47.9 Å². The Kier molecular flexibility index (Phi) is 9.00. The van der Waals surface area contributed by atoms with Crippen molar-refractivity contribution in [3.8, 4) is 0 Å². The van der Waals surface area contributed by atoms with Gasteiger partial charge >= 0.3 is 0 Å². The molecule has 0 saturated carbocycles. The Bertz CT molecular complexity index is 909. The van der Waals surface area contributed by atoms with Crippen molar-refractivity contribution < 1.29 is 0 Å². The summed E-state index contributed by atoms with van der Waals surface area (Å²) < 4.78 is 2.52. The van der Waals surface area contributed by atoms with Crippen LogP contribution in [0.15, 0.2) is 67.3 Å². The third kappa shape index (κ3) is 6.41. The highest BCUT2D eigenvalue weighted by molar-refractivity contribution is 8.38. The van der Waals surface area contributed by atoms with Gasteiger partial charge in [-0.1, -0.05) is 94.2 Å². The van der Waals surface area contributed by atoms with E-state index >= 15 is 0 Å². The van der Waals surface area contributed by atoms with Gasteiger partial charge in [0.15, 0.2) is 0 Å². The van der Waals surface area contributed by atoms with Gasteiger partial charge in [0.05, 0.1) is 4.24 Å². The van der Waals surface area contributed by atoms with E-state index in [0.717, 1.165) is 23.7 Å². The van der Waals surface area contributed by atoms with Crippen molar-refractivity contribution in [1.29, 1.82) is 0 Å². The van der Waals surface area contributed by atoms with Gasteiger partial charge in [-0.15, -0.1) is 12.6 Å². The van der Waals surface area contributed by atoms with Crippen molar-refractivity contribution >= 4 is 52.8 Å². The van der Waals surface area contributed by atoms with Crippen molar-refractivity contribution in [2.75, 3.05) is 0 Å². The quantitative estimate of drug-likeness (QED) is 0.361. The highest BCUT2D eigenvalue weighted by Crippen LogP contribution is 2.58. The number of aryl methyl sites for hydroxylation is 1. The van der Waals surface area contributed by atoms with Crippen molar-refractivity contribution in [3.05, 3.63) is 74.2 Å². The molecule has 0 bridgehead atoms. The molecule has 1 unspecified atom stereocenters. The summed E-state index contributed by atoms with van der Waals surface area (Å²) in [4.78, 5) is 3.64. The van der Waals surface area contributed by atoms with Gasteiger partial charge in [0.2, 0.25) is 0 Å². The van der Waals surface area contributed by atoms with Crippen LogP contribution in [-0.4, -0.2) is 0 Å². The molecule has 4 heteroatoms. The Morgan fingerprint density at radius 2 is 1.77 bits per heavy atom. The fraction of sp³-hybridized carbons (Fsp3) is 0.385. The van der Waals surface area contributed by atoms with E-state index in [4.69, 9.17) is 0 Å². The van der Waals surface area contributed by atoms with Crippen molar-refractivity contribution in [2.24, 2.45) is 5.92 Å². The number of benzene rings is 2. The number of rotatable bonds is 9. The van der Waals surface area contributed by atoms with Gasteiger partial charge in [-0.3, -0.25) is 0 Å². The Hall–Kier alpha value is -0.680. The third-order valence-corrected chi connectivity index (χ3v) is 9.37. The highest BCUT2D eigenvalue weighted by atomic mass is 32.2. The molecule has 1 aliphatic heterocycles. The molecule has 0 nitrogen and oxygen atoms in total. The van der Waals surface area contributed by atoms with Gasteiger partial charge in [0.25, 0.3) is 0 Å². The molecule has 0 N–H and O–H groups in total. The SMILES string of the molecule is C=C1SC(Sc2ccc(S)cc2)=C(c2cc(C(C)CC)ccc2CCCC(C)C)S1. The van der Waals surface area contributed by atoms with Crippen LogP contribution in [0.2, 0.25) is 0 Å².